The minimum absolute atomic E-state index is 0.0604. The summed E-state index contributed by atoms with van der Waals surface area (Å²) in [6.07, 6.45) is 7.25. The lowest BCUT2D eigenvalue weighted by molar-refractivity contribution is -0.121. The summed E-state index contributed by atoms with van der Waals surface area (Å²) in [6.45, 7) is 2.16. The number of H-pyrrole nitrogens is 1. The molecule has 1 aliphatic heterocycles. The van der Waals surface area contributed by atoms with Crippen LogP contribution in [0.2, 0.25) is 0 Å². The minimum atomic E-state index is -0.324. The minimum Gasteiger partial charge on any atom is -0.313 e. The third kappa shape index (κ3) is 3.61. The largest absolute Gasteiger partial charge is 0.313 e. The lowest BCUT2D eigenvalue weighted by atomic mass is 9.72. The van der Waals surface area contributed by atoms with Gasteiger partial charge in [-0.1, -0.05) is 74.7 Å². The molecule has 32 heavy (non-hydrogen) atoms. The maximum absolute atomic E-state index is 12.9. The fraction of sp³-hybridized carbons (Fsp3) is 0.400. The van der Waals surface area contributed by atoms with Gasteiger partial charge in [-0.05, 0) is 46.4 Å². The fourth-order valence-electron chi connectivity index (χ4n) is 5.23. The quantitative estimate of drug-likeness (QED) is 0.582. The first-order valence-corrected chi connectivity index (χ1v) is 11.5. The number of carbonyl (C=O) groups excluding carboxylic acids is 1. The van der Waals surface area contributed by atoms with Crippen molar-refractivity contribution in [3.8, 4) is 22.5 Å². The molecule has 3 aromatic rings. The average molecular weight is 429 g/mol. The Morgan fingerprint density at radius 2 is 1.78 bits per heavy atom. The second kappa shape index (κ2) is 8.65. The van der Waals surface area contributed by atoms with Crippen molar-refractivity contribution in [1.82, 2.24) is 25.9 Å². The van der Waals surface area contributed by atoms with Crippen LogP contribution in [0.25, 0.3) is 22.5 Å². The Labute approximate surface area is 187 Å². The van der Waals surface area contributed by atoms with Crippen LogP contribution in [0.15, 0.2) is 53.5 Å². The third-order valence-electron chi connectivity index (χ3n) is 6.89. The lowest BCUT2D eigenvalue weighted by Crippen LogP contribution is -2.42. The van der Waals surface area contributed by atoms with E-state index in [0.29, 0.717) is 5.82 Å². The molecule has 5 rings (SSSR count). The van der Waals surface area contributed by atoms with Crippen LogP contribution in [0.4, 0.5) is 0 Å². The molecule has 7 nitrogen and oxygen atoms in total. The number of rotatable bonds is 7. The van der Waals surface area contributed by atoms with Crippen molar-refractivity contribution in [3.05, 3.63) is 54.1 Å². The van der Waals surface area contributed by atoms with Crippen LogP contribution in [0.1, 0.15) is 57.4 Å². The van der Waals surface area contributed by atoms with E-state index < -0.39 is 0 Å². The Bertz CT molecular complexity index is 1110. The number of aliphatic imine (C=N–C) groups is 1. The van der Waals surface area contributed by atoms with Crippen molar-refractivity contribution in [2.24, 2.45) is 4.99 Å². The van der Waals surface area contributed by atoms with Gasteiger partial charge in [0.15, 0.2) is 5.82 Å². The highest BCUT2D eigenvalue weighted by atomic mass is 16.2. The summed E-state index contributed by atoms with van der Waals surface area (Å²) in [4.78, 5) is 17.8. The summed E-state index contributed by atoms with van der Waals surface area (Å²) in [5.74, 6) is 1.57. The highest BCUT2D eigenvalue weighted by molar-refractivity contribution is 6.06. The van der Waals surface area contributed by atoms with E-state index in [1.165, 1.54) is 5.56 Å². The molecule has 164 valence electrons. The predicted octanol–water partition coefficient (Wildman–Crippen LogP) is 4.43. The molecule has 0 radical (unpaired) electrons. The summed E-state index contributed by atoms with van der Waals surface area (Å²) in [6, 6.07) is 16.4. The molecule has 1 aliphatic carbocycles. The first kappa shape index (κ1) is 20.5. The zero-order chi connectivity index (χ0) is 22.0. The second-order valence-electron chi connectivity index (χ2n) is 8.81. The van der Waals surface area contributed by atoms with E-state index in [1.807, 2.05) is 18.2 Å². The highest BCUT2D eigenvalue weighted by Gasteiger charge is 2.48. The van der Waals surface area contributed by atoms with Gasteiger partial charge in [0, 0.05) is 17.4 Å². The van der Waals surface area contributed by atoms with Crippen LogP contribution in [0.5, 0.6) is 0 Å². The third-order valence-corrected chi connectivity index (χ3v) is 6.89. The Kier molecular flexibility index (Phi) is 5.55. The smallest absolute Gasteiger partial charge is 0.251 e. The van der Waals surface area contributed by atoms with E-state index in [4.69, 9.17) is 4.99 Å². The van der Waals surface area contributed by atoms with E-state index in [0.717, 1.165) is 67.5 Å². The number of hydrogen-bond donors (Lipinski definition) is 2. The maximum Gasteiger partial charge on any atom is 0.251 e. The molecule has 1 aromatic heterocycles. The first-order chi connectivity index (χ1) is 15.7. The molecular weight excluding hydrogens is 400 g/mol. The van der Waals surface area contributed by atoms with Crippen molar-refractivity contribution in [1.29, 1.82) is 0 Å². The number of aromatic nitrogens is 4. The molecule has 1 unspecified atom stereocenters. The SMILES string of the molecule is CCCCC1=NC(C2(c3ccc(-c4ccccc4-c4nnn[nH]4)cc3)CCCC2)C(=O)N1. The van der Waals surface area contributed by atoms with Crippen molar-refractivity contribution in [2.45, 2.75) is 63.3 Å². The van der Waals surface area contributed by atoms with Crippen LogP contribution in [-0.4, -0.2) is 38.4 Å². The van der Waals surface area contributed by atoms with Crippen LogP contribution in [0.3, 0.4) is 0 Å². The van der Waals surface area contributed by atoms with Gasteiger partial charge < -0.3 is 5.32 Å². The zero-order valence-electron chi connectivity index (χ0n) is 18.3. The molecule has 1 atom stereocenters. The normalized spacial score (nSPS) is 19.7. The van der Waals surface area contributed by atoms with Crippen LogP contribution in [-0.2, 0) is 10.2 Å². The highest BCUT2D eigenvalue weighted by Crippen LogP contribution is 2.46. The van der Waals surface area contributed by atoms with Crippen LogP contribution >= 0.6 is 0 Å². The summed E-state index contributed by atoms with van der Waals surface area (Å²) in [7, 11) is 0. The number of unbranched alkanes of at least 4 members (excludes halogenated alkanes) is 1. The van der Waals surface area contributed by atoms with E-state index in [2.05, 4.69) is 63.2 Å². The Hall–Kier alpha value is -3.35. The van der Waals surface area contributed by atoms with E-state index >= 15 is 0 Å². The van der Waals surface area contributed by atoms with Crippen LogP contribution in [0, 0.1) is 0 Å². The number of benzene rings is 2. The molecule has 1 fully saturated rings. The van der Waals surface area contributed by atoms with Gasteiger partial charge in [0.05, 0.1) is 0 Å². The van der Waals surface area contributed by atoms with Gasteiger partial charge in [-0.2, -0.15) is 0 Å². The number of aromatic amines is 1. The average Bonchev–Trinajstić information content (AvgIpc) is 3.59. The van der Waals surface area contributed by atoms with Gasteiger partial charge in [-0.3, -0.25) is 9.79 Å². The summed E-state index contributed by atoms with van der Waals surface area (Å²) < 4.78 is 0. The van der Waals surface area contributed by atoms with E-state index in [9.17, 15) is 4.79 Å². The number of carbonyl (C=O) groups is 1. The number of amidine groups is 1. The molecule has 1 saturated carbocycles. The maximum atomic E-state index is 12.9. The molecule has 2 aliphatic rings. The van der Waals surface area contributed by atoms with Gasteiger partial charge >= 0.3 is 0 Å². The number of amides is 1. The lowest BCUT2D eigenvalue weighted by Gasteiger charge is -2.32. The zero-order valence-corrected chi connectivity index (χ0v) is 18.3. The first-order valence-electron chi connectivity index (χ1n) is 11.5. The summed E-state index contributed by atoms with van der Waals surface area (Å²) >= 11 is 0. The van der Waals surface area contributed by atoms with Crippen molar-refractivity contribution < 1.29 is 4.79 Å². The number of nitrogens with zero attached hydrogens (tertiary/aromatic N) is 4. The molecule has 0 spiro atoms. The number of nitrogens with one attached hydrogen (secondary N) is 2. The molecule has 2 aromatic carbocycles. The predicted molar refractivity (Wildman–Crippen MR) is 124 cm³/mol. The summed E-state index contributed by atoms with van der Waals surface area (Å²) in [5.41, 5.74) is 4.11. The Morgan fingerprint density at radius 3 is 2.47 bits per heavy atom. The van der Waals surface area contributed by atoms with Gasteiger partial charge in [0.25, 0.3) is 5.91 Å². The second-order valence-corrected chi connectivity index (χ2v) is 8.81. The van der Waals surface area contributed by atoms with Gasteiger partial charge in [-0.25, -0.2) is 5.10 Å². The molecule has 1 amide bonds. The Morgan fingerprint density at radius 1 is 1.03 bits per heavy atom. The van der Waals surface area contributed by atoms with Gasteiger partial charge in [0.2, 0.25) is 0 Å². The van der Waals surface area contributed by atoms with Crippen molar-refractivity contribution >= 4 is 11.7 Å². The number of hydrogen-bond acceptors (Lipinski definition) is 5. The van der Waals surface area contributed by atoms with E-state index in [1.54, 1.807) is 0 Å². The molecule has 0 saturated heterocycles. The number of tetrazole rings is 1. The van der Waals surface area contributed by atoms with Gasteiger partial charge in [-0.15, -0.1) is 5.10 Å². The molecule has 2 heterocycles. The summed E-state index contributed by atoms with van der Waals surface area (Å²) in [5, 5.41) is 17.4. The van der Waals surface area contributed by atoms with Crippen molar-refractivity contribution in [2.75, 3.05) is 0 Å². The topological polar surface area (TPSA) is 95.9 Å². The molecule has 0 bridgehead atoms. The molecular formula is C25H28N6O. The molecule has 7 heteroatoms. The van der Waals surface area contributed by atoms with E-state index in [-0.39, 0.29) is 17.4 Å². The van der Waals surface area contributed by atoms with Crippen LogP contribution < -0.4 is 5.32 Å². The molecule has 2 N–H and O–H groups in total. The monoisotopic (exact) mass is 428 g/mol. The van der Waals surface area contributed by atoms with Crippen molar-refractivity contribution in [3.63, 3.8) is 0 Å². The Balaban J connectivity index is 1.48. The van der Waals surface area contributed by atoms with Gasteiger partial charge in [0.1, 0.15) is 11.9 Å². The standard InChI is InChI=1S/C25H28N6O/c1-2-3-10-21-26-22(24(32)27-21)25(15-6-7-16-25)18-13-11-17(12-14-18)19-8-4-5-9-20(19)23-28-30-31-29-23/h4-5,8-9,11-14,22H,2-3,6-7,10,15-16H2,1H3,(H,26,27,32)(H,28,29,30,31). The fourth-order valence-corrected chi connectivity index (χ4v) is 5.23.